The van der Waals surface area contributed by atoms with Gasteiger partial charge in [0, 0.05) is 4.86 Å². The van der Waals surface area contributed by atoms with E-state index >= 15 is 0 Å². The lowest BCUT2D eigenvalue weighted by molar-refractivity contribution is 0.687. The average Bonchev–Trinajstić information content (AvgIpc) is 2.18. The van der Waals surface area contributed by atoms with Crippen molar-refractivity contribution in [1.29, 1.82) is 0 Å². The maximum absolute atomic E-state index is 5.55. The highest BCUT2D eigenvalue weighted by Crippen LogP contribution is 2.26. The van der Waals surface area contributed by atoms with Gasteiger partial charge in [-0.2, -0.15) is 0 Å². The Morgan fingerprint density at radius 2 is 1.60 bits per heavy atom. The fourth-order valence-electron chi connectivity index (χ4n) is 2.47. The molecule has 0 atom stereocenters. The van der Waals surface area contributed by atoms with E-state index in [1.807, 2.05) is 0 Å². The molecule has 0 spiro atoms. The van der Waals surface area contributed by atoms with Crippen molar-refractivity contribution >= 4 is 17.1 Å². The van der Waals surface area contributed by atoms with Crippen LogP contribution < -0.4 is 0 Å². The van der Waals surface area contributed by atoms with Crippen LogP contribution in [0.3, 0.4) is 0 Å². The molecule has 0 unspecified atom stereocenters. The van der Waals surface area contributed by atoms with E-state index in [4.69, 9.17) is 12.2 Å². The van der Waals surface area contributed by atoms with E-state index in [1.54, 1.807) is 0 Å². The highest BCUT2D eigenvalue weighted by atomic mass is 32.1. The summed E-state index contributed by atoms with van der Waals surface area (Å²) in [6.45, 7) is 4.40. The first-order chi connectivity index (χ1) is 7.20. The summed E-state index contributed by atoms with van der Waals surface area (Å²) >= 11 is 5.55. The Kier molecular flexibility index (Phi) is 3.20. The molecule has 0 aliphatic heterocycles. The number of benzene rings is 1. The molecule has 0 amide bonds. The van der Waals surface area contributed by atoms with Crippen LogP contribution in [0, 0.1) is 13.8 Å². The fourth-order valence-corrected chi connectivity index (χ4v) is 2.90. The van der Waals surface area contributed by atoms with E-state index < -0.39 is 0 Å². The van der Waals surface area contributed by atoms with Crippen LogP contribution in [0.4, 0.5) is 0 Å². The van der Waals surface area contributed by atoms with Gasteiger partial charge in [-0.1, -0.05) is 30.8 Å². The molecule has 0 heterocycles. The predicted molar refractivity (Wildman–Crippen MR) is 69.8 cm³/mol. The Balaban J connectivity index is 2.55. The van der Waals surface area contributed by atoms with Crippen molar-refractivity contribution in [2.45, 2.75) is 46.0 Å². The van der Waals surface area contributed by atoms with Crippen LogP contribution >= 0.6 is 12.2 Å². The van der Waals surface area contributed by atoms with Crippen LogP contribution in [-0.2, 0) is 6.42 Å². The Morgan fingerprint density at radius 1 is 0.933 bits per heavy atom. The van der Waals surface area contributed by atoms with Gasteiger partial charge in [-0.3, -0.25) is 0 Å². The molecule has 15 heavy (non-hydrogen) atoms. The fraction of sp³-hybridized carbons (Fsp3) is 0.500. The minimum Gasteiger partial charge on any atom is -0.0843 e. The number of hydrogen-bond acceptors (Lipinski definition) is 1. The van der Waals surface area contributed by atoms with Crippen molar-refractivity contribution in [1.82, 2.24) is 0 Å². The molecule has 1 aromatic carbocycles. The molecule has 0 saturated carbocycles. The van der Waals surface area contributed by atoms with Gasteiger partial charge >= 0.3 is 0 Å². The largest absolute Gasteiger partial charge is 0.0843 e. The normalized spacial score (nSPS) is 16.8. The molecular formula is C14H18S. The standard InChI is InChI=1S/C14H18S/c1-10-8-9-11(2)14-12(10)6-4-3-5-7-13(14)15/h8-9H,3-7H2,1-2H3. The van der Waals surface area contributed by atoms with Crippen molar-refractivity contribution in [3.8, 4) is 0 Å². The molecule has 1 aliphatic carbocycles. The second kappa shape index (κ2) is 4.44. The van der Waals surface area contributed by atoms with E-state index in [0.29, 0.717) is 0 Å². The molecular weight excluding hydrogens is 200 g/mol. The van der Waals surface area contributed by atoms with Gasteiger partial charge in [0.2, 0.25) is 0 Å². The van der Waals surface area contributed by atoms with Crippen molar-refractivity contribution in [2.24, 2.45) is 0 Å². The highest BCUT2D eigenvalue weighted by Gasteiger charge is 2.15. The smallest absolute Gasteiger partial charge is 0.0230 e. The molecule has 0 saturated heterocycles. The average molecular weight is 218 g/mol. The van der Waals surface area contributed by atoms with Gasteiger partial charge in [0.25, 0.3) is 0 Å². The summed E-state index contributed by atoms with van der Waals surface area (Å²) in [4.78, 5) is 1.19. The molecule has 0 aromatic heterocycles. The zero-order valence-corrected chi connectivity index (χ0v) is 10.4. The van der Waals surface area contributed by atoms with E-state index in [9.17, 15) is 0 Å². The number of aryl methyl sites for hydroxylation is 2. The lowest BCUT2D eigenvalue weighted by Gasteiger charge is -2.19. The van der Waals surface area contributed by atoms with E-state index in [2.05, 4.69) is 26.0 Å². The zero-order valence-electron chi connectivity index (χ0n) is 9.60. The van der Waals surface area contributed by atoms with Gasteiger partial charge < -0.3 is 0 Å². The van der Waals surface area contributed by atoms with Gasteiger partial charge in [0.1, 0.15) is 0 Å². The number of rotatable bonds is 0. The predicted octanol–water partition coefficient (Wildman–Crippen LogP) is 4.14. The summed E-state index contributed by atoms with van der Waals surface area (Å²) in [6, 6.07) is 4.44. The van der Waals surface area contributed by atoms with Crippen molar-refractivity contribution in [3.63, 3.8) is 0 Å². The van der Waals surface area contributed by atoms with Crippen LogP contribution in [0.5, 0.6) is 0 Å². The third-order valence-corrected chi connectivity index (χ3v) is 3.77. The van der Waals surface area contributed by atoms with Crippen LogP contribution in [0.1, 0.15) is 47.9 Å². The molecule has 1 aromatic rings. The maximum Gasteiger partial charge on any atom is 0.0230 e. The van der Waals surface area contributed by atoms with Crippen molar-refractivity contribution in [2.75, 3.05) is 0 Å². The van der Waals surface area contributed by atoms with Crippen molar-refractivity contribution < 1.29 is 0 Å². The molecule has 0 bridgehead atoms. The molecule has 80 valence electrons. The maximum atomic E-state index is 5.55. The molecule has 0 N–H and O–H groups in total. The van der Waals surface area contributed by atoms with Gasteiger partial charge in [0.05, 0.1) is 0 Å². The lowest BCUT2D eigenvalue weighted by Crippen LogP contribution is -2.10. The summed E-state index contributed by atoms with van der Waals surface area (Å²) < 4.78 is 0. The topological polar surface area (TPSA) is 0 Å². The van der Waals surface area contributed by atoms with Crippen LogP contribution in [-0.4, -0.2) is 4.86 Å². The first kappa shape index (κ1) is 10.8. The SMILES string of the molecule is Cc1ccc(C)c2c1CCCCCC2=S. The molecule has 0 radical (unpaired) electrons. The van der Waals surface area contributed by atoms with Crippen LogP contribution in [0.25, 0.3) is 0 Å². The number of thiocarbonyl (C=S) groups is 1. The summed E-state index contributed by atoms with van der Waals surface area (Å²) in [7, 11) is 0. The first-order valence-electron chi connectivity index (χ1n) is 5.82. The Labute approximate surface area is 97.7 Å². The molecule has 1 aliphatic rings. The third-order valence-electron chi connectivity index (χ3n) is 3.36. The number of fused-ring (bicyclic) bond motifs is 1. The number of hydrogen-bond donors (Lipinski definition) is 0. The van der Waals surface area contributed by atoms with E-state index in [1.165, 1.54) is 52.8 Å². The van der Waals surface area contributed by atoms with Crippen LogP contribution in [0.2, 0.25) is 0 Å². The molecule has 0 fully saturated rings. The van der Waals surface area contributed by atoms with E-state index in [-0.39, 0.29) is 0 Å². The van der Waals surface area contributed by atoms with E-state index in [0.717, 1.165) is 6.42 Å². The van der Waals surface area contributed by atoms with Gasteiger partial charge in [-0.15, -0.1) is 0 Å². The Hall–Kier alpha value is -0.690. The highest BCUT2D eigenvalue weighted by molar-refractivity contribution is 7.80. The zero-order chi connectivity index (χ0) is 10.8. The van der Waals surface area contributed by atoms with Gasteiger partial charge in [0.15, 0.2) is 0 Å². The van der Waals surface area contributed by atoms with Gasteiger partial charge in [-0.05, 0) is 61.8 Å². The lowest BCUT2D eigenvalue weighted by atomic mass is 9.87. The minimum absolute atomic E-state index is 1.10. The van der Waals surface area contributed by atoms with Crippen LogP contribution in [0.15, 0.2) is 12.1 Å². The second-order valence-corrected chi connectivity index (χ2v) is 5.03. The quantitative estimate of drug-likeness (QED) is 0.590. The second-order valence-electron chi connectivity index (χ2n) is 4.54. The Morgan fingerprint density at radius 3 is 2.40 bits per heavy atom. The summed E-state index contributed by atoms with van der Waals surface area (Å²) in [6.07, 6.45) is 6.23. The van der Waals surface area contributed by atoms with Gasteiger partial charge in [-0.25, -0.2) is 0 Å². The summed E-state index contributed by atoms with van der Waals surface area (Å²) in [5.41, 5.74) is 5.69. The molecule has 0 nitrogen and oxygen atoms in total. The minimum atomic E-state index is 1.10. The summed E-state index contributed by atoms with van der Waals surface area (Å²) in [5, 5.41) is 0. The molecule has 1 heteroatoms. The third kappa shape index (κ3) is 2.12. The molecule has 2 rings (SSSR count). The monoisotopic (exact) mass is 218 g/mol. The first-order valence-corrected chi connectivity index (χ1v) is 6.23. The Bertz CT molecular complexity index is 391. The summed E-state index contributed by atoms with van der Waals surface area (Å²) in [5.74, 6) is 0. The van der Waals surface area contributed by atoms with Crippen molar-refractivity contribution in [3.05, 3.63) is 34.4 Å².